The smallest absolute Gasteiger partial charge is 0.254 e. The third-order valence-electron chi connectivity index (χ3n) is 5.00. The highest BCUT2D eigenvalue weighted by Crippen LogP contribution is 2.23. The van der Waals surface area contributed by atoms with E-state index < -0.39 is 0 Å². The lowest BCUT2D eigenvalue weighted by Crippen LogP contribution is -2.33. The molecule has 2 rings (SSSR count). The van der Waals surface area contributed by atoms with Crippen molar-refractivity contribution in [2.75, 3.05) is 11.4 Å². The summed E-state index contributed by atoms with van der Waals surface area (Å²) in [7, 11) is 0. The second kappa shape index (κ2) is 15.5. The van der Waals surface area contributed by atoms with E-state index in [1.54, 1.807) is 29.2 Å². The Morgan fingerprint density at radius 3 is 2.24 bits per heavy atom. The van der Waals surface area contributed by atoms with Gasteiger partial charge >= 0.3 is 0 Å². The van der Waals surface area contributed by atoms with Crippen LogP contribution in [0.3, 0.4) is 0 Å². The number of amides is 1. The number of aromatic hydroxyl groups is 1. The van der Waals surface area contributed by atoms with Crippen LogP contribution in [0, 0.1) is 6.92 Å². The SMILES string of the molecule is C=C(/C=C\C=C(/C)CN(C(=O)/C(C)=C/c1ccccc1C)c1ccc(O)cc1)CCC.CCC. The zero-order valence-corrected chi connectivity index (χ0v) is 21.8. The number of allylic oxidation sites excluding steroid dienone is 4. The van der Waals surface area contributed by atoms with Crippen LogP contribution < -0.4 is 4.90 Å². The van der Waals surface area contributed by atoms with E-state index in [1.807, 2.05) is 69.3 Å². The van der Waals surface area contributed by atoms with Gasteiger partial charge in [-0.05, 0) is 68.7 Å². The number of anilines is 1. The Hall–Kier alpha value is -3.33. The van der Waals surface area contributed by atoms with E-state index in [1.165, 1.54) is 6.42 Å². The molecule has 1 amide bonds. The molecule has 0 fully saturated rings. The van der Waals surface area contributed by atoms with Crippen LogP contribution in [0.15, 0.2) is 90.1 Å². The first kappa shape index (κ1) is 28.7. The Morgan fingerprint density at radius 1 is 1.03 bits per heavy atom. The molecule has 0 aliphatic carbocycles. The molecule has 0 heterocycles. The number of rotatable bonds is 9. The summed E-state index contributed by atoms with van der Waals surface area (Å²) in [4.78, 5) is 15.1. The Kier molecular flexibility index (Phi) is 13.1. The lowest BCUT2D eigenvalue weighted by Gasteiger charge is -2.24. The second-order valence-electron chi connectivity index (χ2n) is 8.58. The van der Waals surface area contributed by atoms with Crippen molar-refractivity contribution in [3.63, 3.8) is 0 Å². The highest BCUT2D eigenvalue weighted by Gasteiger charge is 2.18. The summed E-state index contributed by atoms with van der Waals surface area (Å²) in [5.74, 6) is 0.106. The number of benzene rings is 2. The van der Waals surface area contributed by atoms with Gasteiger partial charge in [0.25, 0.3) is 5.91 Å². The van der Waals surface area contributed by atoms with Gasteiger partial charge in [-0.1, -0.05) is 93.8 Å². The third kappa shape index (κ3) is 10.1. The molecule has 2 aromatic carbocycles. The van der Waals surface area contributed by atoms with Gasteiger partial charge in [0, 0.05) is 17.8 Å². The number of aryl methyl sites for hydroxylation is 1. The summed E-state index contributed by atoms with van der Waals surface area (Å²) in [6.45, 7) is 16.8. The van der Waals surface area contributed by atoms with E-state index in [0.717, 1.165) is 40.8 Å². The summed E-state index contributed by atoms with van der Waals surface area (Å²) in [5.41, 5.74) is 5.69. The van der Waals surface area contributed by atoms with Gasteiger partial charge in [0.05, 0.1) is 0 Å². The van der Waals surface area contributed by atoms with Crippen molar-refractivity contribution in [2.45, 2.75) is 60.8 Å². The van der Waals surface area contributed by atoms with E-state index in [9.17, 15) is 9.90 Å². The first-order valence-electron chi connectivity index (χ1n) is 12.1. The fourth-order valence-electron chi connectivity index (χ4n) is 3.22. The first-order chi connectivity index (χ1) is 16.2. The maximum absolute atomic E-state index is 13.4. The molecular formula is C31H41NO2. The molecular weight excluding hydrogens is 418 g/mol. The van der Waals surface area contributed by atoms with E-state index in [2.05, 4.69) is 27.4 Å². The van der Waals surface area contributed by atoms with Gasteiger partial charge in [-0.15, -0.1) is 0 Å². The van der Waals surface area contributed by atoms with E-state index in [0.29, 0.717) is 12.1 Å². The number of phenols is 1. The second-order valence-corrected chi connectivity index (χ2v) is 8.58. The van der Waals surface area contributed by atoms with Crippen molar-refractivity contribution in [3.8, 4) is 5.75 Å². The van der Waals surface area contributed by atoms with Gasteiger partial charge in [0.15, 0.2) is 0 Å². The fourth-order valence-corrected chi connectivity index (χ4v) is 3.22. The van der Waals surface area contributed by atoms with Crippen LogP contribution in [-0.4, -0.2) is 17.6 Å². The van der Waals surface area contributed by atoms with Crippen LogP contribution in [-0.2, 0) is 4.79 Å². The lowest BCUT2D eigenvalue weighted by molar-refractivity contribution is -0.114. The molecule has 2 aromatic rings. The molecule has 3 nitrogen and oxygen atoms in total. The number of hydrogen-bond acceptors (Lipinski definition) is 2. The summed E-state index contributed by atoms with van der Waals surface area (Å²) < 4.78 is 0. The number of hydrogen-bond donors (Lipinski definition) is 1. The van der Waals surface area contributed by atoms with Crippen LogP contribution in [0.4, 0.5) is 5.69 Å². The van der Waals surface area contributed by atoms with Crippen molar-refractivity contribution in [1.29, 1.82) is 0 Å². The van der Waals surface area contributed by atoms with Crippen molar-refractivity contribution < 1.29 is 9.90 Å². The summed E-state index contributed by atoms with van der Waals surface area (Å²) >= 11 is 0. The number of carbonyl (C=O) groups is 1. The van der Waals surface area contributed by atoms with Crippen LogP contribution in [0.5, 0.6) is 5.75 Å². The van der Waals surface area contributed by atoms with Crippen LogP contribution >= 0.6 is 0 Å². The molecule has 0 radical (unpaired) electrons. The summed E-state index contributed by atoms with van der Waals surface area (Å²) in [6, 6.07) is 14.7. The molecule has 0 bridgehead atoms. The molecule has 1 N–H and O–H groups in total. The van der Waals surface area contributed by atoms with Crippen LogP contribution in [0.2, 0.25) is 0 Å². The molecule has 34 heavy (non-hydrogen) atoms. The Bertz CT molecular complexity index is 1010. The number of nitrogens with zero attached hydrogens (tertiary/aromatic N) is 1. The van der Waals surface area contributed by atoms with Gasteiger partial charge in [-0.2, -0.15) is 0 Å². The van der Waals surface area contributed by atoms with E-state index in [-0.39, 0.29) is 11.7 Å². The highest BCUT2D eigenvalue weighted by atomic mass is 16.3. The molecule has 0 aliphatic heterocycles. The zero-order valence-electron chi connectivity index (χ0n) is 21.8. The number of carbonyl (C=O) groups excluding carboxylic acids is 1. The molecule has 0 saturated heterocycles. The van der Waals surface area contributed by atoms with Gasteiger partial charge < -0.3 is 10.0 Å². The van der Waals surface area contributed by atoms with Crippen molar-refractivity contribution >= 4 is 17.7 Å². The van der Waals surface area contributed by atoms with E-state index >= 15 is 0 Å². The Labute approximate surface area is 206 Å². The van der Waals surface area contributed by atoms with Crippen molar-refractivity contribution in [1.82, 2.24) is 0 Å². The van der Waals surface area contributed by atoms with Crippen molar-refractivity contribution in [2.24, 2.45) is 0 Å². The lowest BCUT2D eigenvalue weighted by atomic mass is 10.1. The topological polar surface area (TPSA) is 40.5 Å². The molecule has 0 saturated carbocycles. The third-order valence-corrected chi connectivity index (χ3v) is 5.00. The average Bonchev–Trinajstić information content (AvgIpc) is 2.80. The molecule has 182 valence electrons. The van der Waals surface area contributed by atoms with Crippen LogP contribution in [0.25, 0.3) is 6.08 Å². The molecule has 0 unspecified atom stereocenters. The largest absolute Gasteiger partial charge is 0.508 e. The number of phenolic OH excluding ortho intramolecular Hbond substituents is 1. The van der Waals surface area contributed by atoms with Gasteiger partial charge in [-0.25, -0.2) is 0 Å². The quantitative estimate of drug-likeness (QED) is 0.302. The normalized spacial score (nSPS) is 11.7. The molecule has 0 aromatic heterocycles. The van der Waals surface area contributed by atoms with Gasteiger partial charge in [-0.3, -0.25) is 4.79 Å². The molecule has 0 atom stereocenters. The van der Waals surface area contributed by atoms with Gasteiger partial charge in [0.1, 0.15) is 5.75 Å². The highest BCUT2D eigenvalue weighted by molar-refractivity contribution is 6.08. The summed E-state index contributed by atoms with van der Waals surface area (Å²) in [5, 5.41) is 9.66. The Morgan fingerprint density at radius 2 is 1.65 bits per heavy atom. The maximum Gasteiger partial charge on any atom is 0.254 e. The molecule has 0 spiro atoms. The van der Waals surface area contributed by atoms with Crippen molar-refractivity contribution in [3.05, 3.63) is 101 Å². The minimum Gasteiger partial charge on any atom is -0.508 e. The molecule has 3 heteroatoms. The fraction of sp³-hybridized carbons (Fsp3) is 0.323. The predicted molar refractivity (Wildman–Crippen MR) is 148 cm³/mol. The Balaban J connectivity index is 0.00000182. The molecule has 0 aliphatic rings. The maximum atomic E-state index is 13.4. The minimum atomic E-state index is -0.0685. The minimum absolute atomic E-state index is 0.0685. The zero-order chi connectivity index (χ0) is 25.5. The predicted octanol–water partition coefficient (Wildman–Crippen LogP) is 8.41. The van der Waals surface area contributed by atoms with E-state index in [4.69, 9.17) is 0 Å². The monoisotopic (exact) mass is 459 g/mol. The average molecular weight is 460 g/mol. The first-order valence-corrected chi connectivity index (χ1v) is 12.1. The summed E-state index contributed by atoms with van der Waals surface area (Å²) in [6.07, 6.45) is 11.2. The van der Waals surface area contributed by atoms with Gasteiger partial charge in [0.2, 0.25) is 0 Å². The van der Waals surface area contributed by atoms with Crippen LogP contribution in [0.1, 0.15) is 65.0 Å². The standard InChI is InChI=1S/C28H33NO2.C3H8/c1-6-10-21(2)11-9-12-22(3)20-29(26-15-17-27(30)18-16-26)28(31)24(5)19-25-14-8-7-13-23(25)4;1-3-2/h7-9,11-19,30H,2,6,10,20H2,1,3-5H3;3H2,1-2H3/b11-9-,22-12+,24-19+;.